The zero-order valence-electron chi connectivity index (χ0n) is 31.1. The summed E-state index contributed by atoms with van der Waals surface area (Å²) in [5.74, 6) is -1.20. The fraction of sp³-hybridized carbons (Fsp3) is 0.244. The maximum atomic E-state index is 12.9. The van der Waals surface area contributed by atoms with E-state index in [4.69, 9.17) is 9.47 Å². The van der Waals surface area contributed by atoms with Crippen molar-refractivity contribution in [2.45, 2.75) is 52.4 Å². The van der Waals surface area contributed by atoms with Crippen LogP contribution in [-0.4, -0.2) is 25.2 Å². The van der Waals surface area contributed by atoms with Crippen LogP contribution in [0.3, 0.4) is 0 Å². The van der Waals surface area contributed by atoms with Crippen LogP contribution in [0, 0.1) is 28.6 Å². The number of rotatable bonds is 8. The molecule has 0 bridgehead atoms. The van der Waals surface area contributed by atoms with Gasteiger partial charge in [-0.1, -0.05) is 66.7 Å². The Labute approximate surface area is 328 Å². The highest BCUT2D eigenvalue weighted by molar-refractivity contribution is 7.17. The van der Waals surface area contributed by atoms with Crippen molar-refractivity contribution < 1.29 is 19.1 Å². The van der Waals surface area contributed by atoms with Gasteiger partial charge in [-0.3, -0.25) is 0 Å². The van der Waals surface area contributed by atoms with Gasteiger partial charge in [-0.25, -0.2) is 9.59 Å². The van der Waals surface area contributed by atoms with Crippen molar-refractivity contribution in [1.29, 1.82) is 10.5 Å². The lowest BCUT2D eigenvalue weighted by Gasteiger charge is -2.29. The fourth-order valence-corrected chi connectivity index (χ4v) is 9.43. The first kappa shape index (κ1) is 37.4. The van der Waals surface area contributed by atoms with Gasteiger partial charge in [-0.05, 0) is 96.8 Å². The molecule has 4 heterocycles. The lowest BCUT2D eigenvalue weighted by molar-refractivity contribution is -0.139. The number of nitrogens with one attached hydrogen (secondary N) is 2. The first-order valence-electron chi connectivity index (χ1n) is 18.4. The summed E-state index contributed by atoms with van der Waals surface area (Å²) in [6.07, 6.45) is 2.13. The van der Waals surface area contributed by atoms with Gasteiger partial charge < -0.3 is 20.1 Å². The topological polar surface area (TPSA) is 124 Å². The molecule has 0 radical (unpaired) electrons. The third-order valence-corrected chi connectivity index (χ3v) is 12.0. The van der Waals surface area contributed by atoms with Crippen molar-refractivity contribution in [3.63, 3.8) is 0 Å². The average Bonchev–Trinajstić information content (AvgIpc) is 3.83. The molecule has 8 rings (SSSR count). The molecule has 10 heteroatoms. The fourth-order valence-electron chi connectivity index (χ4n) is 7.46. The second-order valence-electron chi connectivity index (χ2n) is 13.5. The second-order valence-corrected chi connectivity index (χ2v) is 15.3. The third kappa shape index (κ3) is 7.19. The largest absolute Gasteiger partial charge is 0.463 e. The summed E-state index contributed by atoms with van der Waals surface area (Å²) in [6.45, 7) is 7.99. The zero-order chi connectivity index (χ0) is 38.6. The lowest BCUT2D eigenvalue weighted by atomic mass is 9.79. The number of nitrogens with zero attached hydrogens (tertiary/aromatic N) is 2. The summed E-state index contributed by atoms with van der Waals surface area (Å²) in [5, 5.41) is 32.9. The quantitative estimate of drug-likeness (QED) is 0.150. The van der Waals surface area contributed by atoms with Gasteiger partial charge in [0.05, 0.1) is 65.2 Å². The van der Waals surface area contributed by atoms with Crippen molar-refractivity contribution in [1.82, 2.24) is 10.6 Å². The van der Waals surface area contributed by atoms with Crippen LogP contribution in [0.2, 0.25) is 0 Å². The number of nitriles is 2. The second kappa shape index (κ2) is 16.2. The molecule has 2 unspecified atom stereocenters. The SMILES string of the molecule is CCOC(=O)C1=C(C)NC(c2ccccc2)=C(C#N)C1c1csc2ccccc12.CCOC(=O)C1=C(C2CC2)NC(C)=C(C#N)C1c1csc2ccccc12. The van der Waals surface area contributed by atoms with Gasteiger partial charge in [-0.2, -0.15) is 10.5 Å². The Balaban J connectivity index is 0.000000170. The summed E-state index contributed by atoms with van der Waals surface area (Å²) in [7, 11) is 0. The number of dihydropyridines is 2. The molecule has 1 fully saturated rings. The monoisotopic (exact) mass is 764 g/mol. The van der Waals surface area contributed by atoms with Crippen LogP contribution in [0.5, 0.6) is 0 Å². The highest BCUT2D eigenvalue weighted by Crippen LogP contribution is 2.48. The van der Waals surface area contributed by atoms with Gasteiger partial charge >= 0.3 is 11.9 Å². The molecule has 3 aromatic carbocycles. The Morgan fingerprint density at radius 1 is 0.691 bits per heavy atom. The normalized spacial score (nSPS) is 18.2. The van der Waals surface area contributed by atoms with Crippen molar-refractivity contribution in [3.05, 3.63) is 146 Å². The number of carbonyl (C=O) groups excluding carboxylic acids is 2. The number of benzene rings is 3. The van der Waals surface area contributed by atoms with Crippen LogP contribution >= 0.6 is 22.7 Å². The van der Waals surface area contributed by atoms with E-state index >= 15 is 0 Å². The van der Waals surface area contributed by atoms with E-state index in [1.54, 1.807) is 29.6 Å². The molecule has 5 aromatic rings. The van der Waals surface area contributed by atoms with Crippen LogP contribution in [-0.2, 0) is 19.1 Å². The van der Waals surface area contributed by atoms with E-state index in [2.05, 4.69) is 46.4 Å². The van der Waals surface area contributed by atoms with Gasteiger partial charge in [-0.15, -0.1) is 22.7 Å². The van der Waals surface area contributed by atoms with Crippen molar-refractivity contribution in [2.24, 2.45) is 5.92 Å². The van der Waals surface area contributed by atoms with E-state index in [0.29, 0.717) is 40.5 Å². The minimum Gasteiger partial charge on any atom is -0.463 e. The molecule has 55 heavy (non-hydrogen) atoms. The van der Waals surface area contributed by atoms with E-state index in [1.165, 1.54) is 0 Å². The summed E-state index contributed by atoms with van der Waals surface area (Å²) >= 11 is 3.26. The highest BCUT2D eigenvalue weighted by atomic mass is 32.1. The Bertz CT molecular complexity index is 2520. The molecule has 2 aliphatic heterocycles. The van der Waals surface area contributed by atoms with Crippen LogP contribution in [0.1, 0.15) is 69.1 Å². The minimum atomic E-state index is -0.480. The zero-order valence-corrected chi connectivity index (χ0v) is 32.7. The van der Waals surface area contributed by atoms with Crippen LogP contribution in [0.4, 0.5) is 0 Å². The Morgan fingerprint density at radius 3 is 1.73 bits per heavy atom. The van der Waals surface area contributed by atoms with Gasteiger partial charge in [0, 0.05) is 26.5 Å². The van der Waals surface area contributed by atoms with Crippen molar-refractivity contribution in [2.75, 3.05) is 13.2 Å². The first-order chi connectivity index (χ1) is 26.8. The summed E-state index contributed by atoms with van der Waals surface area (Å²) < 4.78 is 13.0. The molecular formula is C45H40N4O4S2. The Kier molecular flexibility index (Phi) is 11.0. The molecule has 2 N–H and O–H groups in total. The molecule has 1 aliphatic carbocycles. The van der Waals surface area contributed by atoms with Crippen LogP contribution in [0.15, 0.2) is 129 Å². The van der Waals surface area contributed by atoms with E-state index < -0.39 is 11.9 Å². The number of hydrogen-bond acceptors (Lipinski definition) is 10. The van der Waals surface area contributed by atoms with Gasteiger partial charge in [0.2, 0.25) is 0 Å². The molecule has 0 saturated heterocycles. The molecule has 0 amide bonds. The summed E-state index contributed by atoms with van der Waals surface area (Å²) in [5.41, 5.74) is 8.34. The number of esters is 2. The van der Waals surface area contributed by atoms with E-state index in [1.807, 2.05) is 86.8 Å². The molecule has 2 aromatic heterocycles. The molecule has 8 nitrogen and oxygen atoms in total. The van der Waals surface area contributed by atoms with E-state index in [-0.39, 0.29) is 18.5 Å². The smallest absolute Gasteiger partial charge is 0.336 e. The lowest BCUT2D eigenvalue weighted by Crippen LogP contribution is -2.30. The number of ether oxygens (including phenoxy) is 2. The van der Waals surface area contributed by atoms with Gasteiger partial charge in [0.15, 0.2) is 0 Å². The number of fused-ring (bicyclic) bond motifs is 2. The maximum Gasteiger partial charge on any atom is 0.336 e. The molecule has 1 saturated carbocycles. The minimum absolute atomic E-state index is 0.282. The average molecular weight is 765 g/mol. The predicted molar refractivity (Wildman–Crippen MR) is 218 cm³/mol. The van der Waals surface area contributed by atoms with E-state index in [0.717, 1.165) is 66.8 Å². The standard InChI is InChI=1S/C24H20N2O2S.C21H20N2O2S/c1-3-28-24(27)21-15(2)26-23(16-9-5-4-6-10-16)18(13-25)22(21)19-14-29-20-12-8-7-11-17(19)20;1-3-25-21(24)19-18(16-11-26-17-7-5-4-6-14(16)17)15(10-22)12(2)23-20(19)13-8-9-13/h4-12,14,22,26H,3H2,1-2H3;4-7,11,13,18,23H,3,8-9H2,1-2H3. The number of allylic oxidation sites excluding steroid dienone is 5. The van der Waals surface area contributed by atoms with Crippen molar-refractivity contribution in [3.8, 4) is 12.1 Å². The van der Waals surface area contributed by atoms with Gasteiger partial charge in [0.1, 0.15) is 0 Å². The molecule has 2 atom stereocenters. The number of hydrogen-bond donors (Lipinski definition) is 2. The molecule has 3 aliphatic rings. The summed E-state index contributed by atoms with van der Waals surface area (Å²) in [6, 6.07) is 30.7. The van der Waals surface area contributed by atoms with Crippen LogP contribution in [0.25, 0.3) is 25.9 Å². The Hall–Kier alpha value is -5.94. The number of carbonyl (C=O) groups is 2. The third-order valence-electron chi connectivity index (χ3n) is 10.1. The molecule has 276 valence electrons. The summed E-state index contributed by atoms with van der Waals surface area (Å²) in [4.78, 5) is 25.8. The highest BCUT2D eigenvalue weighted by Gasteiger charge is 2.41. The number of thiophene rings is 2. The molecule has 0 spiro atoms. The molecular weight excluding hydrogens is 725 g/mol. The van der Waals surface area contributed by atoms with Crippen molar-refractivity contribution >= 4 is 60.5 Å². The van der Waals surface area contributed by atoms with E-state index in [9.17, 15) is 20.1 Å². The maximum absolute atomic E-state index is 12.9. The van der Waals surface area contributed by atoms with Crippen LogP contribution < -0.4 is 10.6 Å². The van der Waals surface area contributed by atoms with Gasteiger partial charge in [0.25, 0.3) is 0 Å². The Morgan fingerprint density at radius 2 is 1.20 bits per heavy atom. The first-order valence-corrected chi connectivity index (χ1v) is 20.1. The predicted octanol–water partition coefficient (Wildman–Crippen LogP) is 9.97.